The molecule has 0 aliphatic heterocycles. The van der Waals surface area contributed by atoms with Crippen molar-refractivity contribution in [3.05, 3.63) is 77.0 Å². The number of hydrogen-bond acceptors (Lipinski definition) is 6. The lowest BCUT2D eigenvalue weighted by molar-refractivity contribution is 0.0689. The molecule has 2 aromatic carbocycles. The number of carboxylic acids is 1. The third-order valence-electron chi connectivity index (χ3n) is 4.10. The molecule has 0 bridgehead atoms. The highest BCUT2D eigenvalue weighted by Gasteiger charge is 2.21. The molecular weight excluding hydrogens is 429 g/mol. The van der Waals surface area contributed by atoms with Gasteiger partial charge < -0.3 is 9.52 Å². The number of aromatic carboxylic acids is 1. The summed E-state index contributed by atoms with van der Waals surface area (Å²) >= 11 is 7.26. The van der Waals surface area contributed by atoms with Crippen LogP contribution in [0.3, 0.4) is 0 Å². The third-order valence-corrected chi connectivity index (χ3v) is 5.33. The number of hydrogen-bond donors (Lipinski definition) is 1. The van der Waals surface area contributed by atoms with Gasteiger partial charge in [-0.05, 0) is 67.2 Å². The first kappa shape index (κ1) is 20.1. The normalized spacial score (nSPS) is 10.9. The van der Waals surface area contributed by atoms with E-state index in [2.05, 4.69) is 15.0 Å². The molecule has 0 aliphatic rings. The molecule has 2 heterocycles. The van der Waals surface area contributed by atoms with Crippen molar-refractivity contribution in [2.75, 3.05) is 0 Å². The monoisotopic (exact) mass is 441 g/mol. The van der Waals surface area contributed by atoms with Gasteiger partial charge in [-0.2, -0.15) is 0 Å². The number of oxazole rings is 1. The van der Waals surface area contributed by atoms with Gasteiger partial charge in [0.05, 0.1) is 11.9 Å². The van der Waals surface area contributed by atoms with E-state index in [1.807, 2.05) is 12.1 Å². The van der Waals surface area contributed by atoms with E-state index >= 15 is 0 Å². The lowest BCUT2D eigenvalue weighted by Crippen LogP contribution is -2.06. The van der Waals surface area contributed by atoms with Crippen LogP contribution in [0.1, 0.15) is 16.2 Å². The maximum absolute atomic E-state index is 13.3. The van der Waals surface area contributed by atoms with Crippen molar-refractivity contribution in [2.45, 2.75) is 16.9 Å². The summed E-state index contributed by atoms with van der Waals surface area (Å²) < 4.78 is 19.2. The summed E-state index contributed by atoms with van der Waals surface area (Å²) in [6.45, 7) is 1.56. The molecule has 0 unspecified atom stereocenters. The Morgan fingerprint density at radius 2 is 1.80 bits per heavy atom. The molecule has 150 valence electrons. The Balaban J connectivity index is 1.80. The van der Waals surface area contributed by atoms with Gasteiger partial charge >= 0.3 is 5.97 Å². The first-order chi connectivity index (χ1) is 14.4. The molecule has 0 spiro atoms. The zero-order valence-corrected chi connectivity index (χ0v) is 17.0. The Bertz CT molecular complexity index is 1230. The van der Waals surface area contributed by atoms with E-state index < -0.39 is 5.97 Å². The summed E-state index contributed by atoms with van der Waals surface area (Å²) in [5.74, 6) is -1.25. The Labute approximate surface area is 179 Å². The van der Waals surface area contributed by atoms with Crippen LogP contribution in [-0.2, 0) is 0 Å². The molecule has 30 heavy (non-hydrogen) atoms. The summed E-state index contributed by atoms with van der Waals surface area (Å²) in [6, 6.07) is 12.9. The van der Waals surface area contributed by atoms with Crippen molar-refractivity contribution >= 4 is 29.3 Å². The SMILES string of the molecule is Cc1nc(-c2nc(-c3ccc(F)cc3)oc2Sc2ccc(Cl)cc2)cnc1C(=O)O. The standard InChI is InChI=1S/C21H13ClFN3O3S/c1-11-17(20(27)28)24-10-16(25-11)18-21(30-15-8-4-13(22)5-9-15)29-19(26-18)12-2-6-14(23)7-3-12/h2-10H,1H3,(H,27,28). The molecule has 0 radical (unpaired) electrons. The van der Waals surface area contributed by atoms with Gasteiger partial charge in [-0.3, -0.25) is 0 Å². The Hall–Kier alpha value is -3.23. The van der Waals surface area contributed by atoms with Crippen molar-refractivity contribution in [3.63, 3.8) is 0 Å². The average molecular weight is 442 g/mol. The van der Waals surface area contributed by atoms with Crippen LogP contribution in [0.2, 0.25) is 5.02 Å². The zero-order chi connectivity index (χ0) is 21.3. The van der Waals surface area contributed by atoms with Gasteiger partial charge in [0.1, 0.15) is 17.2 Å². The van der Waals surface area contributed by atoms with Crippen LogP contribution >= 0.6 is 23.4 Å². The third kappa shape index (κ3) is 4.19. The second-order valence-electron chi connectivity index (χ2n) is 6.21. The van der Waals surface area contributed by atoms with Crippen LogP contribution in [0.15, 0.2) is 69.1 Å². The van der Waals surface area contributed by atoms with Gasteiger partial charge in [0.2, 0.25) is 5.89 Å². The summed E-state index contributed by atoms with van der Waals surface area (Å²) in [6.07, 6.45) is 1.34. The van der Waals surface area contributed by atoms with Crippen LogP contribution in [0.4, 0.5) is 4.39 Å². The lowest BCUT2D eigenvalue weighted by Gasteiger charge is -2.03. The van der Waals surface area contributed by atoms with Gasteiger partial charge in [0, 0.05) is 15.5 Å². The average Bonchev–Trinajstić information content (AvgIpc) is 3.13. The van der Waals surface area contributed by atoms with Crippen LogP contribution in [0.25, 0.3) is 22.8 Å². The van der Waals surface area contributed by atoms with E-state index in [9.17, 15) is 14.3 Å². The van der Waals surface area contributed by atoms with Gasteiger partial charge in [-0.1, -0.05) is 11.6 Å². The minimum Gasteiger partial charge on any atom is -0.476 e. The van der Waals surface area contributed by atoms with Gasteiger partial charge in [0.15, 0.2) is 10.8 Å². The molecule has 4 rings (SSSR count). The zero-order valence-electron chi connectivity index (χ0n) is 15.5. The molecule has 0 amide bonds. The molecule has 1 N–H and O–H groups in total. The van der Waals surface area contributed by atoms with Gasteiger partial charge in [-0.15, -0.1) is 0 Å². The fraction of sp³-hybridized carbons (Fsp3) is 0.0476. The number of carboxylic acid groups (broad SMARTS) is 1. The Kier molecular flexibility index (Phi) is 5.52. The predicted octanol–water partition coefficient (Wildman–Crippen LogP) is 5.75. The van der Waals surface area contributed by atoms with Crippen molar-refractivity contribution < 1.29 is 18.7 Å². The number of halogens is 2. The van der Waals surface area contributed by atoms with Gasteiger partial charge in [-0.25, -0.2) is 24.1 Å². The van der Waals surface area contributed by atoms with E-state index in [1.165, 1.54) is 30.1 Å². The number of nitrogens with zero attached hydrogens (tertiary/aromatic N) is 3. The highest BCUT2D eigenvalue weighted by Crippen LogP contribution is 2.38. The molecule has 6 nitrogen and oxygen atoms in total. The largest absolute Gasteiger partial charge is 0.476 e. The minimum absolute atomic E-state index is 0.132. The topological polar surface area (TPSA) is 89.1 Å². The van der Waals surface area contributed by atoms with E-state index in [1.54, 1.807) is 31.2 Å². The molecule has 2 aromatic heterocycles. The predicted molar refractivity (Wildman–Crippen MR) is 110 cm³/mol. The molecule has 4 aromatic rings. The number of carbonyl (C=O) groups is 1. The molecule has 9 heteroatoms. The van der Waals surface area contributed by atoms with E-state index in [-0.39, 0.29) is 23.1 Å². The molecule has 0 saturated heterocycles. The summed E-state index contributed by atoms with van der Waals surface area (Å²) in [5, 5.41) is 10.2. The quantitative estimate of drug-likeness (QED) is 0.421. The Morgan fingerprint density at radius 3 is 2.43 bits per heavy atom. The van der Waals surface area contributed by atoms with Crippen LogP contribution < -0.4 is 0 Å². The second kappa shape index (κ2) is 8.25. The van der Waals surface area contributed by atoms with Crippen molar-refractivity contribution in [2.24, 2.45) is 0 Å². The smallest absolute Gasteiger partial charge is 0.356 e. The number of benzene rings is 2. The van der Waals surface area contributed by atoms with Gasteiger partial charge in [0.25, 0.3) is 0 Å². The first-order valence-corrected chi connectivity index (χ1v) is 9.87. The Morgan fingerprint density at radius 1 is 1.10 bits per heavy atom. The number of aromatic nitrogens is 3. The first-order valence-electron chi connectivity index (χ1n) is 8.68. The van der Waals surface area contributed by atoms with E-state index in [4.69, 9.17) is 16.0 Å². The highest BCUT2D eigenvalue weighted by molar-refractivity contribution is 7.99. The van der Waals surface area contributed by atoms with Crippen LogP contribution in [0, 0.1) is 12.7 Å². The highest BCUT2D eigenvalue weighted by atomic mass is 35.5. The number of aryl methyl sites for hydroxylation is 1. The molecular formula is C21H13ClFN3O3S. The maximum Gasteiger partial charge on any atom is 0.356 e. The van der Waals surface area contributed by atoms with Crippen molar-refractivity contribution in [1.82, 2.24) is 15.0 Å². The molecule has 0 saturated carbocycles. The fourth-order valence-electron chi connectivity index (χ4n) is 2.67. The molecule has 0 atom stereocenters. The maximum atomic E-state index is 13.3. The van der Waals surface area contributed by atoms with Crippen molar-refractivity contribution in [1.29, 1.82) is 0 Å². The van der Waals surface area contributed by atoms with E-state index in [0.717, 1.165) is 4.90 Å². The van der Waals surface area contributed by atoms with E-state index in [0.29, 0.717) is 27.1 Å². The summed E-state index contributed by atoms with van der Waals surface area (Å²) in [4.78, 5) is 24.9. The second-order valence-corrected chi connectivity index (χ2v) is 7.70. The lowest BCUT2D eigenvalue weighted by atomic mass is 10.2. The minimum atomic E-state index is -1.16. The van der Waals surface area contributed by atoms with Crippen LogP contribution in [0.5, 0.6) is 0 Å². The molecule has 0 fully saturated rings. The van der Waals surface area contributed by atoms with Crippen molar-refractivity contribution in [3.8, 4) is 22.8 Å². The van der Waals surface area contributed by atoms with Crippen LogP contribution in [-0.4, -0.2) is 26.0 Å². The fourth-order valence-corrected chi connectivity index (χ4v) is 3.65. The number of rotatable bonds is 5. The summed E-state index contributed by atoms with van der Waals surface area (Å²) in [7, 11) is 0. The summed E-state index contributed by atoms with van der Waals surface area (Å²) in [5.41, 5.74) is 1.49. The molecule has 0 aliphatic carbocycles.